The fourth-order valence-corrected chi connectivity index (χ4v) is 9.10. The molecule has 0 saturated heterocycles. The van der Waals surface area contributed by atoms with Gasteiger partial charge < -0.3 is 58.1 Å². The van der Waals surface area contributed by atoms with Crippen LogP contribution in [-0.4, -0.2) is 126 Å². The molecule has 0 saturated carbocycles. The number of aliphatic carboxylic acids is 3. The molecule has 0 rings (SSSR count). The number of carboxylic acid groups (broad SMARTS) is 3. The quantitative estimate of drug-likeness (QED) is 0.0320. The van der Waals surface area contributed by atoms with E-state index in [0.717, 1.165) is 19.3 Å². The number of nitrogens with two attached hydrogens (primary N) is 3. The number of carbonyl (C=O) groups excluding carboxylic acids is 10. The molecule has 2 amide bonds. The van der Waals surface area contributed by atoms with Crippen LogP contribution in [0.25, 0.3) is 0 Å². The summed E-state index contributed by atoms with van der Waals surface area (Å²) in [5.41, 5.74) is 17.0. The van der Waals surface area contributed by atoms with E-state index in [0.29, 0.717) is 122 Å². The Kier molecular flexibility index (Phi) is 54.2. The van der Waals surface area contributed by atoms with Crippen LogP contribution in [0, 0.1) is 35.5 Å². The van der Waals surface area contributed by atoms with Crippen molar-refractivity contribution in [1.29, 1.82) is 0 Å². The molecule has 0 heterocycles. The van der Waals surface area contributed by atoms with Crippen molar-refractivity contribution in [3.05, 3.63) is 0 Å². The van der Waals surface area contributed by atoms with Crippen molar-refractivity contribution >= 4 is 70.2 Å². The Bertz CT molecular complexity index is 1830. The van der Waals surface area contributed by atoms with Crippen LogP contribution in [0.4, 0.5) is 0 Å². The molecular weight excluding hydrogens is 1060 g/mol. The van der Waals surface area contributed by atoms with Gasteiger partial charge in [-0.05, 0) is 170 Å². The monoisotopic (exact) mass is 1160 g/mol. The van der Waals surface area contributed by atoms with Gasteiger partial charge in [0.15, 0.2) is 11.6 Å². The van der Waals surface area contributed by atoms with Crippen LogP contribution in [0.15, 0.2) is 0 Å². The number of unbranched alkanes of at least 4 members (excludes halogenated alkanes) is 4. The Morgan fingerprint density at radius 2 is 0.889 bits per heavy atom. The van der Waals surface area contributed by atoms with Gasteiger partial charge in [0, 0.05) is 80.6 Å². The number of ketones is 7. The Morgan fingerprint density at radius 1 is 0.457 bits per heavy atom. The molecule has 11 N–H and O–H groups in total. The van der Waals surface area contributed by atoms with E-state index >= 15 is 0 Å². The summed E-state index contributed by atoms with van der Waals surface area (Å²) in [7, 11) is 1.72. The molecule has 0 aromatic carbocycles. The predicted molar refractivity (Wildman–Crippen MR) is 306 cm³/mol. The summed E-state index contributed by atoms with van der Waals surface area (Å²) in [6.07, 6.45) is 11.2. The molecule has 21 nitrogen and oxygen atoms in total. The molecular formula is C59H105N6NaO15. The van der Waals surface area contributed by atoms with E-state index in [9.17, 15) is 62.6 Å². The van der Waals surface area contributed by atoms with Crippen molar-refractivity contribution in [1.82, 2.24) is 16.0 Å². The first kappa shape index (κ1) is 83.3. The van der Waals surface area contributed by atoms with Crippen LogP contribution < -0.4 is 67.8 Å². The van der Waals surface area contributed by atoms with E-state index in [1.54, 1.807) is 7.05 Å². The van der Waals surface area contributed by atoms with Crippen LogP contribution in [0.3, 0.4) is 0 Å². The third-order valence-electron chi connectivity index (χ3n) is 14.6. The molecule has 8 unspecified atom stereocenters. The molecule has 81 heavy (non-hydrogen) atoms. The molecule has 0 aromatic rings. The van der Waals surface area contributed by atoms with Gasteiger partial charge in [0.2, 0.25) is 11.8 Å². The summed E-state index contributed by atoms with van der Waals surface area (Å²) >= 11 is 0. The summed E-state index contributed by atoms with van der Waals surface area (Å²) in [6, 6.07) is -1.30. The first-order valence-electron chi connectivity index (χ1n) is 29.4. The summed E-state index contributed by atoms with van der Waals surface area (Å²) in [6.45, 7) is 13.2. The number of carbonyl (C=O) groups is 12. The molecule has 0 fully saturated rings. The first-order valence-corrected chi connectivity index (χ1v) is 29.4. The van der Waals surface area contributed by atoms with E-state index in [1.165, 1.54) is 27.7 Å². The number of rotatable bonds is 49. The Balaban J connectivity index is -0.00000106. The Morgan fingerprint density at radius 3 is 1.35 bits per heavy atom. The number of hydrogen-bond donors (Lipinski definition) is 8. The third-order valence-corrected chi connectivity index (χ3v) is 14.6. The van der Waals surface area contributed by atoms with Gasteiger partial charge in [0.05, 0.1) is 18.0 Å². The van der Waals surface area contributed by atoms with Gasteiger partial charge in [-0.1, -0.05) is 40.0 Å². The van der Waals surface area contributed by atoms with Crippen LogP contribution in [-0.2, 0) is 57.5 Å². The summed E-state index contributed by atoms with van der Waals surface area (Å²) in [5.74, 6) is -6.40. The van der Waals surface area contributed by atoms with Crippen molar-refractivity contribution in [3.63, 3.8) is 0 Å². The number of carboxylic acids is 3. The molecule has 8 atom stereocenters. The van der Waals surface area contributed by atoms with Crippen LogP contribution in [0.2, 0.25) is 0 Å². The van der Waals surface area contributed by atoms with Gasteiger partial charge in [-0.25, -0.2) is 0 Å². The largest absolute Gasteiger partial charge is 1.00 e. The van der Waals surface area contributed by atoms with Crippen molar-refractivity contribution < 1.29 is 102 Å². The zero-order valence-electron chi connectivity index (χ0n) is 51.0. The fourth-order valence-electron chi connectivity index (χ4n) is 9.10. The first-order chi connectivity index (χ1) is 37.8. The topological polar surface area (TPSA) is 383 Å². The maximum atomic E-state index is 13.8. The van der Waals surface area contributed by atoms with Gasteiger partial charge in [-0.3, -0.25) is 47.9 Å². The minimum absolute atomic E-state index is 0. The van der Waals surface area contributed by atoms with Gasteiger partial charge in [0.1, 0.15) is 28.9 Å². The van der Waals surface area contributed by atoms with E-state index in [2.05, 4.69) is 16.0 Å². The summed E-state index contributed by atoms with van der Waals surface area (Å²) in [4.78, 5) is 144. The number of Topliss-reactive ketones (excluding diaryl/α,β-unsaturated/α-hetero) is 7. The smallest absolute Gasteiger partial charge is 0.550 e. The van der Waals surface area contributed by atoms with E-state index in [4.69, 9.17) is 27.4 Å². The number of amides is 2. The van der Waals surface area contributed by atoms with Gasteiger partial charge in [-0.15, -0.1) is 0 Å². The maximum Gasteiger partial charge on any atom is 1.00 e. The average Bonchev–Trinajstić information content (AvgIpc) is 3.39. The standard InChI is InChI=1S/C43H78N6O9.2C8H14O3.Na/c1-5-32(20-23-42(56)57)38(52)21-18-33(30(2)50)19-22-41(55)48-27-13-9-17-37(40(54)28-34(31(3)51)14-6-10-24-44)49-43(58)35(15-7-11-25-45)29-39(53)36(47-4)16-8-12-26-46;1-3-7(6(2)9)4-5-8(10)11;1-3-7(8(10)11)5-4-6(2)9;/h32-37,47H,5-29,44-46H2,1-4H3,(H,48,55)(H,49,58)(H,56,57);2*7H,3-5H2,1-2H3,(H,10,11);/q;;;+1/p-1. The zero-order chi connectivity index (χ0) is 61.6. The molecule has 0 aliphatic rings. The maximum absolute atomic E-state index is 13.8. The van der Waals surface area contributed by atoms with Crippen molar-refractivity contribution in [2.45, 2.75) is 234 Å². The molecule has 22 heteroatoms. The van der Waals surface area contributed by atoms with Gasteiger partial charge in [0.25, 0.3) is 0 Å². The molecule has 0 bridgehead atoms. The van der Waals surface area contributed by atoms with Crippen LogP contribution in [0.1, 0.15) is 222 Å². The second-order valence-corrected chi connectivity index (χ2v) is 21.1. The number of likely N-dealkylation sites (N-methyl/N-ethyl adjacent to an activating group) is 1. The molecule has 462 valence electrons. The SMILES string of the molecule is CCC(CCC(=O)O)C(=O)CCC(CCC(=O)NCCCCC(NC(=O)C(CCCCN)CC(=O)C(CCCCN)NC)C(=O)CC(CCCCN)C(C)=O)C(C)=O.CCC(CCC(=O)[O-])C(C)=O.CCC(CCC(C)=O)C(=O)O.[Na+]. The van der Waals surface area contributed by atoms with Crippen LogP contribution >= 0.6 is 0 Å². The van der Waals surface area contributed by atoms with Gasteiger partial charge >= 0.3 is 41.5 Å². The molecule has 0 spiro atoms. The van der Waals surface area contributed by atoms with Crippen LogP contribution in [0.5, 0.6) is 0 Å². The normalized spacial score (nSPS) is 13.7. The minimum atomic E-state index is -1.08. The minimum Gasteiger partial charge on any atom is -0.550 e. The number of nitrogens with one attached hydrogen (secondary N) is 3. The average molecular weight is 1160 g/mol. The van der Waals surface area contributed by atoms with E-state index in [1.807, 2.05) is 20.8 Å². The van der Waals surface area contributed by atoms with Crippen molar-refractivity contribution in [2.75, 3.05) is 33.2 Å². The van der Waals surface area contributed by atoms with Crippen molar-refractivity contribution in [2.24, 2.45) is 52.7 Å². The predicted octanol–water partition coefficient (Wildman–Crippen LogP) is 2.30. The Labute approximate surface area is 505 Å². The second-order valence-electron chi connectivity index (χ2n) is 21.1. The molecule has 0 aromatic heterocycles. The zero-order valence-corrected chi connectivity index (χ0v) is 53.0. The van der Waals surface area contributed by atoms with Crippen molar-refractivity contribution in [3.8, 4) is 0 Å². The molecule has 0 aliphatic carbocycles. The van der Waals surface area contributed by atoms with E-state index in [-0.39, 0.29) is 157 Å². The number of hydrogen-bond acceptors (Lipinski definition) is 17. The third kappa shape index (κ3) is 45.1. The second kappa shape index (κ2) is 52.7. The van der Waals surface area contributed by atoms with E-state index < -0.39 is 47.7 Å². The summed E-state index contributed by atoms with van der Waals surface area (Å²) in [5, 5.41) is 36.4. The Hall–Kier alpha value is -4.12. The molecule has 0 radical (unpaired) electrons. The fraction of sp³-hybridized carbons (Fsp3) is 0.797. The summed E-state index contributed by atoms with van der Waals surface area (Å²) < 4.78 is 0. The van der Waals surface area contributed by atoms with Gasteiger partial charge in [-0.2, -0.15) is 0 Å². The molecule has 0 aliphatic heterocycles.